The Labute approximate surface area is 189 Å². The lowest BCUT2D eigenvalue weighted by molar-refractivity contribution is 0.0715. The van der Waals surface area contributed by atoms with Gasteiger partial charge in [-0.2, -0.15) is 0 Å². The van der Waals surface area contributed by atoms with Crippen LogP contribution in [0.15, 0.2) is 60.9 Å². The summed E-state index contributed by atoms with van der Waals surface area (Å²) in [4.78, 5) is 13.7. The quantitative estimate of drug-likeness (QED) is 0.418. The monoisotopic (exact) mass is 439 g/mol. The second-order valence-electron chi connectivity index (χ2n) is 8.69. The van der Waals surface area contributed by atoms with Crippen molar-refractivity contribution in [3.05, 3.63) is 78.1 Å². The maximum Gasteiger partial charge on any atom is 0.158 e. The van der Waals surface area contributed by atoms with E-state index in [0.717, 1.165) is 28.0 Å². The standard InChI is InChI=1S/C26H22FN5O/c1-14-11-20(15-5-3-2-4-6-15)30-22-18(14)7-8-19(21(22)27)23-24-25(28)29-9-10-32(24)26(31-23)16-12-17(33)13-16/h2-11,16-17,33H,12-13H2,1H3,(H2,28,29). The van der Waals surface area contributed by atoms with Crippen LogP contribution in [-0.4, -0.2) is 30.6 Å². The summed E-state index contributed by atoms with van der Waals surface area (Å²) in [5, 5.41) is 10.6. The van der Waals surface area contributed by atoms with Gasteiger partial charge in [0.25, 0.3) is 0 Å². The molecule has 1 saturated carbocycles. The zero-order valence-electron chi connectivity index (χ0n) is 18.0. The first-order chi connectivity index (χ1) is 16.0. The van der Waals surface area contributed by atoms with Crippen molar-refractivity contribution in [3.63, 3.8) is 0 Å². The molecule has 6 nitrogen and oxygen atoms in total. The maximum absolute atomic E-state index is 16.0. The molecule has 6 rings (SSSR count). The Hall–Kier alpha value is -3.84. The first kappa shape index (κ1) is 19.8. The predicted molar refractivity (Wildman–Crippen MR) is 126 cm³/mol. The lowest BCUT2D eigenvalue weighted by atomic mass is 9.82. The van der Waals surface area contributed by atoms with E-state index in [4.69, 9.17) is 10.7 Å². The Morgan fingerprint density at radius 2 is 1.88 bits per heavy atom. The molecule has 0 aliphatic heterocycles. The molecule has 0 amide bonds. The molecule has 3 heterocycles. The van der Waals surface area contributed by atoms with Crippen LogP contribution in [0.3, 0.4) is 0 Å². The molecule has 3 aromatic heterocycles. The zero-order chi connectivity index (χ0) is 22.7. The first-order valence-corrected chi connectivity index (χ1v) is 11.0. The molecule has 3 N–H and O–H groups in total. The van der Waals surface area contributed by atoms with E-state index in [1.54, 1.807) is 18.5 Å². The number of aliphatic hydroxyl groups excluding tert-OH is 1. The van der Waals surface area contributed by atoms with Crippen molar-refractivity contribution in [1.29, 1.82) is 0 Å². The van der Waals surface area contributed by atoms with Crippen molar-refractivity contribution >= 4 is 22.2 Å². The fraction of sp³-hybridized carbons (Fsp3) is 0.192. The van der Waals surface area contributed by atoms with Gasteiger partial charge in [-0.05, 0) is 37.5 Å². The van der Waals surface area contributed by atoms with Gasteiger partial charge >= 0.3 is 0 Å². The number of aromatic nitrogens is 4. The van der Waals surface area contributed by atoms with Gasteiger partial charge in [-0.1, -0.05) is 36.4 Å². The second kappa shape index (κ2) is 7.35. The van der Waals surface area contributed by atoms with Gasteiger partial charge in [-0.15, -0.1) is 0 Å². The Morgan fingerprint density at radius 3 is 2.64 bits per heavy atom. The summed E-state index contributed by atoms with van der Waals surface area (Å²) in [6.45, 7) is 1.96. The average molecular weight is 439 g/mol. The third-order valence-corrected chi connectivity index (χ3v) is 6.54. The van der Waals surface area contributed by atoms with Gasteiger partial charge in [0.2, 0.25) is 0 Å². The number of nitrogen functional groups attached to an aromatic ring is 1. The number of aryl methyl sites for hydroxylation is 1. The van der Waals surface area contributed by atoms with Crippen LogP contribution in [0.25, 0.3) is 38.9 Å². The largest absolute Gasteiger partial charge is 0.393 e. The van der Waals surface area contributed by atoms with Crippen molar-refractivity contribution in [2.75, 3.05) is 5.73 Å². The third-order valence-electron chi connectivity index (χ3n) is 6.54. The number of imidazole rings is 1. The van der Waals surface area contributed by atoms with Gasteiger partial charge in [-0.3, -0.25) is 4.40 Å². The van der Waals surface area contributed by atoms with Crippen LogP contribution in [0.2, 0.25) is 0 Å². The summed E-state index contributed by atoms with van der Waals surface area (Å²) in [5.41, 5.74) is 10.5. The van der Waals surface area contributed by atoms with Crippen LogP contribution in [0, 0.1) is 12.7 Å². The number of benzene rings is 2. The van der Waals surface area contributed by atoms with E-state index in [-0.39, 0.29) is 17.8 Å². The third kappa shape index (κ3) is 3.08. The predicted octanol–water partition coefficient (Wildman–Crippen LogP) is 4.88. The number of hydrogen-bond donors (Lipinski definition) is 2. The molecule has 0 saturated heterocycles. The van der Waals surface area contributed by atoms with Gasteiger partial charge in [-0.25, -0.2) is 19.3 Å². The SMILES string of the molecule is Cc1cc(-c2ccccc2)nc2c(F)c(-c3nc(C4CC(O)C4)n4ccnc(N)c34)ccc12. The van der Waals surface area contributed by atoms with Crippen LogP contribution < -0.4 is 5.73 Å². The van der Waals surface area contributed by atoms with Gasteiger partial charge in [0, 0.05) is 34.8 Å². The highest BCUT2D eigenvalue weighted by atomic mass is 19.1. The van der Waals surface area contributed by atoms with Crippen molar-refractivity contribution in [2.24, 2.45) is 0 Å². The molecule has 1 fully saturated rings. The highest BCUT2D eigenvalue weighted by molar-refractivity contribution is 5.93. The lowest BCUT2D eigenvalue weighted by Gasteiger charge is -2.30. The molecule has 5 aromatic rings. The van der Waals surface area contributed by atoms with Gasteiger partial charge in [0.1, 0.15) is 28.4 Å². The molecule has 1 aliphatic rings. The van der Waals surface area contributed by atoms with E-state index in [2.05, 4.69) is 9.97 Å². The number of nitrogens with zero attached hydrogens (tertiary/aromatic N) is 4. The number of rotatable bonds is 3. The normalized spacial score (nSPS) is 18.0. The number of nitrogens with two attached hydrogens (primary N) is 1. The van der Waals surface area contributed by atoms with Gasteiger partial charge < -0.3 is 10.8 Å². The van der Waals surface area contributed by atoms with E-state index in [0.29, 0.717) is 35.1 Å². The van der Waals surface area contributed by atoms with Gasteiger partial charge in [0.15, 0.2) is 5.82 Å². The number of aliphatic hydroxyl groups is 1. The number of hydrogen-bond acceptors (Lipinski definition) is 5. The molecule has 0 spiro atoms. The molecular weight excluding hydrogens is 417 g/mol. The van der Waals surface area contributed by atoms with Crippen molar-refractivity contribution in [3.8, 4) is 22.5 Å². The van der Waals surface area contributed by atoms with Crippen LogP contribution >= 0.6 is 0 Å². The summed E-state index contributed by atoms with van der Waals surface area (Å²) >= 11 is 0. The zero-order valence-corrected chi connectivity index (χ0v) is 18.0. The summed E-state index contributed by atoms with van der Waals surface area (Å²) < 4.78 is 17.9. The number of fused-ring (bicyclic) bond motifs is 2. The smallest absolute Gasteiger partial charge is 0.158 e. The molecule has 0 bridgehead atoms. The summed E-state index contributed by atoms with van der Waals surface area (Å²) in [5.74, 6) is 0.710. The molecule has 0 unspecified atom stereocenters. The van der Waals surface area contributed by atoms with Crippen LogP contribution in [-0.2, 0) is 0 Å². The fourth-order valence-electron chi connectivity index (χ4n) is 4.73. The van der Waals surface area contributed by atoms with Crippen LogP contribution in [0.1, 0.15) is 30.1 Å². The Balaban J connectivity index is 1.58. The number of halogens is 1. The molecule has 0 radical (unpaired) electrons. The Bertz CT molecular complexity index is 1520. The van der Waals surface area contributed by atoms with E-state index < -0.39 is 5.82 Å². The van der Waals surface area contributed by atoms with E-state index in [1.807, 2.05) is 53.8 Å². The minimum atomic E-state index is -0.433. The topological polar surface area (TPSA) is 89.3 Å². The second-order valence-corrected chi connectivity index (χ2v) is 8.69. The molecule has 7 heteroatoms. The highest BCUT2D eigenvalue weighted by Crippen LogP contribution is 2.40. The molecular formula is C26H22FN5O. The molecule has 2 aromatic carbocycles. The molecule has 33 heavy (non-hydrogen) atoms. The molecule has 164 valence electrons. The van der Waals surface area contributed by atoms with Crippen LogP contribution in [0.5, 0.6) is 0 Å². The average Bonchev–Trinajstić information content (AvgIpc) is 3.18. The fourth-order valence-corrected chi connectivity index (χ4v) is 4.73. The van der Waals surface area contributed by atoms with Crippen molar-refractivity contribution in [1.82, 2.24) is 19.4 Å². The van der Waals surface area contributed by atoms with Crippen molar-refractivity contribution < 1.29 is 9.50 Å². The summed E-state index contributed by atoms with van der Waals surface area (Å²) in [6.07, 6.45) is 4.33. The maximum atomic E-state index is 16.0. The van der Waals surface area contributed by atoms with E-state index in [9.17, 15) is 5.11 Å². The number of pyridine rings is 1. The van der Waals surface area contributed by atoms with Gasteiger partial charge in [0.05, 0.1) is 11.8 Å². The first-order valence-electron chi connectivity index (χ1n) is 11.0. The summed E-state index contributed by atoms with van der Waals surface area (Å²) in [6, 6.07) is 15.3. The van der Waals surface area contributed by atoms with E-state index >= 15 is 4.39 Å². The Kier molecular flexibility index (Phi) is 4.41. The molecule has 1 aliphatic carbocycles. The lowest BCUT2D eigenvalue weighted by Crippen LogP contribution is -2.27. The van der Waals surface area contributed by atoms with Crippen molar-refractivity contribution in [2.45, 2.75) is 31.8 Å². The Morgan fingerprint density at radius 1 is 1.09 bits per heavy atom. The number of anilines is 1. The van der Waals surface area contributed by atoms with E-state index in [1.165, 1.54) is 0 Å². The minimum absolute atomic E-state index is 0.0941. The minimum Gasteiger partial charge on any atom is -0.393 e. The summed E-state index contributed by atoms with van der Waals surface area (Å²) in [7, 11) is 0. The highest BCUT2D eigenvalue weighted by Gasteiger charge is 2.33. The van der Waals surface area contributed by atoms with Crippen LogP contribution in [0.4, 0.5) is 10.2 Å². The molecule has 0 atom stereocenters.